The number of nitrogens with zero attached hydrogens (tertiary/aromatic N) is 1. The van der Waals surface area contributed by atoms with Crippen LogP contribution >= 0.6 is 0 Å². The van der Waals surface area contributed by atoms with Crippen molar-refractivity contribution in [1.29, 1.82) is 0 Å². The molecule has 0 radical (unpaired) electrons. The molecule has 3 N–H and O–H groups in total. The highest BCUT2D eigenvalue weighted by Gasteiger charge is 2.25. The Bertz CT molecular complexity index is 1230. The molecule has 1 fully saturated rings. The molecule has 3 aromatic rings. The third-order valence-electron chi connectivity index (χ3n) is 6.51. The van der Waals surface area contributed by atoms with Crippen molar-refractivity contribution in [3.05, 3.63) is 111 Å². The average Bonchev–Trinajstić information content (AvgIpc) is 3.73. The summed E-state index contributed by atoms with van der Waals surface area (Å²) in [5.74, 6) is -0.973. The van der Waals surface area contributed by atoms with Crippen LogP contribution in [0.3, 0.4) is 0 Å². The van der Waals surface area contributed by atoms with E-state index in [4.69, 9.17) is 0 Å². The molecule has 0 spiro atoms. The molecule has 37 heavy (non-hydrogen) atoms. The highest BCUT2D eigenvalue weighted by atomic mass is 16.6. The number of nitro groups is 1. The summed E-state index contributed by atoms with van der Waals surface area (Å²) in [6.07, 6.45) is 3.78. The molecule has 1 aliphatic carbocycles. The number of hydrogen-bond donors (Lipinski definition) is 3. The van der Waals surface area contributed by atoms with Crippen LogP contribution in [0.25, 0.3) is 0 Å². The number of amides is 2. The summed E-state index contributed by atoms with van der Waals surface area (Å²) in [4.78, 5) is 37.3. The fourth-order valence-electron chi connectivity index (χ4n) is 4.26. The molecule has 0 heterocycles. The number of carbonyl (C=O) groups excluding carboxylic acids is 2. The summed E-state index contributed by atoms with van der Waals surface area (Å²) >= 11 is 0. The fourth-order valence-corrected chi connectivity index (χ4v) is 4.26. The molecule has 0 unspecified atom stereocenters. The van der Waals surface area contributed by atoms with Crippen molar-refractivity contribution in [2.45, 2.75) is 50.7 Å². The monoisotopic (exact) mass is 500 g/mol. The molecule has 0 aromatic heterocycles. The van der Waals surface area contributed by atoms with Gasteiger partial charge in [0.1, 0.15) is 5.56 Å². The van der Waals surface area contributed by atoms with Gasteiger partial charge in [-0.2, -0.15) is 0 Å². The van der Waals surface area contributed by atoms with Gasteiger partial charge in [-0.3, -0.25) is 19.7 Å². The van der Waals surface area contributed by atoms with E-state index in [-0.39, 0.29) is 34.8 Å². The van der Waals surface area contributed by atoms with Crippen LogP contribution in [0, 0.1) is 10.1 Å². The minimum Gasteiger partial charge on any atom is -0.349 e. The van der Waals surface area contributed by atoms with Gasteiger partial charge in [0, 0.05) is 23.7 Å². The lowest BCUT2D eigenvalue weighted by atomic mass is 10.0. The van der Waals surface area contributed by atoms with Gasteiger partial charge in [-0.1, -0.05) is 60.7 Å². The van der Waals surface area contributed by atoms with E-state index >= 15 is 0 Å². The molecule has 4 rings (SSSR count). The molecule has 2 atom stereocenters. The van der Waals surface area contributed by atoms with Crippen LogP contribution in [0.5, 0.6) is 0 Å². The zero-order valence-electron chi connectivity index (χ0n) is 20.9. The zero-order valence-corrected chi connectivity index (χ0v) is 20.9. The highest BCUT2D eigenvalue weighted by molar-refractivity contribution is 6.02. The van der Waals surface area contributed by atoms with Gasteiger partial charge in [0.05, 0.1) is 11.0 Å². The standard InChI is InChI=1S/C29H32N4O4/c1-20(22-10-6-3-7-11-22)31-29(35)26-19-23(12-15-27(26)33(36)37)28(34)32-25(16-17-30-24-13-14-24)18-21-8-4-2-5-9-21/h2-12,15,19-20,24-25,30H,13-14,16-18H2,1H3,(H,31,35)(H,32,34)/t20-,25-/m1/s1. The number of benzene rings is 3. The van der Waals surface area contributed by atoms with Gasteiger partial charge in [0.25, 0.3) is 17.5 Å². The minimum atomic E-state index is -0.606. The first-order valence-electron chi connectivity index (χ1n) is 12.6. The van der Waals surface area contributed by atoms with E-state index in [1.807, 2.05) is 60.7 Å². The van der Waals surface area contributed by atoms with Crippen molar-refractivity contribution in [3.8, 4) is 0 Å². The first-order valence-corrected chi connectivity index (χ1v) is 12.6. The van der Waals surface area contributed by atoms with Gasteiger partial charge < -0.3 is 16.0 Å². The van der Waals surface area contributed by atoms with Crippen molar-refractivity contribution >= 4 is 17.5 Å². The summed E-state index contributed by atoms with van der Waals surface area (Å²) in [5.41, 5.74) is 1.70. The minimum absolute atomic E-state index is 0.133. The topological polar surface area (TPSA) is 113 Å². The van der Waals surface area contributed by atoms with Crippen LogP contribution in [0.15, 0.2) is 78.9 Å². The Hall–Kier alpha value is -4.04. The maximum absolute atomic E-state index is 13.2. The van der Waals surface area contributed by atoms with Crippen molar-refractivity contribution in [2.24, 2.45) is 0 Å². The third-order valence-corrected chi connectivity index (χ3v) is 6.51. The van der Waals surface area contributed by atoms with Crippen LogP contribution in [-0.4, -0.2) is 35.4 Å². The predicted octanol–water partition coefficient (Wildman–Crippen LogP) is 4.57. The maximum atomic E-state index is 13.2. The highest BCUT2D eigenvalue weighted by Crippen LogP contribution is 2.22. The average molecular weight is 501 g/mol. The quantitative estimate of drug-likeness (QED) is 0.249. The van der Waals surface area contributed by atoms with Crippen molar-refractivity contribution in [2.75, 3.05) is 6.54 Å². The Labute approximate surface area is 216 Å². The number of nitro benzene ring substituents is 1. The Morgan fingerprint density at radius 1 is 0.946 bits per heavy atom. The van der Waals surface area contributed by atoms with Crippen molar-refractivity contribution in [1.82, 2.24) is 16.0 Å². The molecule has 1 saturated carbocycles. The second-order valence-electron chi connectivity index (χ2n) is 9.47. The molecular weight excluding hydrogens is 468 g/mol. The SMILES string of the molecule is C[C@@H](NC(=O)c1cc(C(=O)N[C@H](CCNC2CC2)Cc2ccccc2)ccc1[N+](=O)[O-])c1ccccc1. The smallest absolute Gasteiger partial charge is 0.282 e. The zero-order chi connectivity index (χ0) is 26.2. The van der Waals surface area contributed by atoms with E-state index < -0.39 is 10.8 Å². The second-order valence-corrected chi connectivity index (χ2v) is 9.47. The first kappa shape index (κ1) is 26.0. The van der Waals surface area contributed by atoms with Crippen molar-refractivity contribution in [3.63, 3.8) is 0 Å². The lowest BCUT2D eigenvalue weighted by molar-refractivity contribution is -0.385. The lowest BCUT2D eigenvalue weighted by Crippen LogP contribution is -2.39. The summed E-state index contributed by atoms with van der Waals surface area (Å²) < 4.78 is 0. The third kappa shape index (κ3) is 7.47. The van der Waals surface area contributed by atoms with Gasteiger partial charge >= 0.3 is 0 Å². The van der Waals surface area contributed by atoms with Gasteiger partial charge in [-0.15, -0.1) is 0 Å². The molecule has 1 aliphatic rings. The molecule has 0 aliphatic heterocycles. The van der Waals surface area contributed by atoms with Gasteiger partial charge in [-0.05, 0) is 62.4 Å². The summed E-state index contributed by atoms with van der Waals surface area (Å²) in [5, 5.41) is 21.0. The summed E-state index contributed by atoms with van der Waals surface area (Å²) in [6, 6.07) is 23.3. The molecule has 8 nitrogen and oxygen atoms in total. The van der Waals surface area contributed by atoms with Crippen LogP contribution in [0.2, 0.25) is 0 Å². The number of carbonyl (C=O) groups is 2. The normalized spacial score (nSPS) is 14.4. The van der Waals surface area contributed by atoms with Crippen molar-refractivity contribution < 1.29 is 14.5 Å². The van der Waals surface area contributed by atoms with E-state index in [1.165, 1.54) is 31.0 Å². The predicted molar refractivity (Wildman–Crippen MR) is 142 cm³/mol. The molecule has 192 valence electrons. The van der Waals surface area contributed by atoms with Crippen LogP contribution in [-0.2, 0) is 6.42 Å². The Balaban J connectivity index is 1.50. The van der Waals surface area contributed by atoms with Gasteiger partial charge in [0.2, 0.25) is 0 Å². The Morgan fingerprint density at radius 3 is 2.27 bits per heavy atom. The molecule has 0 bridgehead atoms. The number of nitrogens with one attached hydrogen (secondary N) is 3. The van der Waals surface area contributed by atoms with Crippen LogP contribution in [0.4, 0.5) is 5.69 Å². The van der Waals surface area contributed by atoms with E-state index in [1.54, 1.807) is 6.92 Å². The van der Waals surface area contributed by atoms with E-state index in [0.29, 0.717) is 12.5 Å². The largest absolute Gasteiger partial charge is 0.349 e. The van der Waals surface area contributed by atoms with E-state index in [0.717, 1.165) is 24.1 Å². The number of rotatable bonds is 12. The summed E-state index contributed by atoms with van der Waals surface area (Å²) in [6.45, 7) is 2.59. The molecule has 8 heteroatoms. The van der Waals surface area contributed by atoms with Gasteiger partial charge in [0.15, 0.2) is 0 Å². The summed E-state index contributed by atoms with van der Waals surface area (Å²) in [7, 11) is 0. The van der Waals surface area contributed by atoms with Gasteiger partial charge in [-0.25, -0.2) is 0 Å². The molecule has 3 aromatic carbocycles. The lowest BCUT2D eigenvalue weighted by Gasteiger charge is -2.20. The maximum Gasteiger partial charge on any atom is 0.282 e. The fraction of sp³-hybridized carbons (Fsp3) is 0.310. The Kier molecular flexibility index (Phi) is 8.64. The second kappa shape index (κ2) is 12.3. The first-order chi connectivity index (χ1) is 17.9. The van der Waals surface area contributed by atoms with Crippen LogP contribution < -0.4 is 16.0 Å². The Morgan fingerprint density at radius 2 is 1.62 bits per heavy atom. The molecule has 0 saturated heterocycles. The molecule has 2 amide bonds. The van der Waals surface area contributed by atoms with E-state index in [2.05, 4.69) is 16.0 Å². The number of hydrogen-bond acceptors (Lipinski definition) is 5. The van der Waals surface area contributed by atoms with Crippen LogP contribution in [0.1, 0.15) is 64.1 Å². The molecular formula is C29H32N4O4. The van der Waals surface area contributed by atoms with E-state index in [9.17, 15) is 19.7 Å².